The molecule has 2 aliphatic carbocycles. The Hall–Kier alpha value is -1.74. The van der Waals surface area contributed by atoms with Crippen LogP contribution >= 0.6 is 0 Å². The van der Waals surface area contributed by atoms with Gasteiger partial charge in [-0.3, -0.25) is 4.79 Å². The van der Waals surface area contributed by atoms with Crippen molar-refractivity contribution in [2.75, 3.05) is 19.7 Å². The third-order valence-corrected chi connectivity index (χ3v) is 7.46. The monoisotopic (exact) mass is 430 g/mol. The van der Waals surface area contributed by atoms with Crippen molar-refractivity contribution >= 4 is 16.1 Å². The predicted molar refractivity (Wildman–Crippen MR) is 105 cm³/mol. The summed E-state index contributed by atoms with van der Waals surface area (Å²) in [6, 6.07) is 2.44. The van der Waals surface area contributed by atoms with Crippen LogP contribution in [0.2, 0.25) is 0 Å². The SMILES string of the molecule is O=C(NS(=O)(=O)N1CCC1)c1cc(C2CC2)c(OCC2(F)CCCCC2)cc1F.[HH]. The number of hydrogen-bond acceptors (Lipinski definition) is 4. The molecule has 1 aliphatic heterocycles. The Morgan fingerprint density at radius 1 is 1.21 bits per heavy atom. The molecule has 29 heavy (non-hydrogen) atoms. The highest BCUT2D eigenvalue weighted by molar-refractivity contribution is 7.87. The normalized spacial score (nSPS) is 22.0. The second kappa shape index (κ2) is 7.83. The first-order valence-corrected chi connectivity index (χ1v) is 11.7. The van der Waals surface area contributed by atoms with E-state index in [1.165, 1.54) is 6.07 Å². The summed E-state index contributed by atoms with van der Waals surface area (Å²) in [5.41, 5.74) is -1.11. The molecule has 9 heteroatoms. The number of nitrogens with one attached hydrogen (secondary N) is 1. The maximum Gasteiger partial charge on any atom is 0.304 e. The molecule has 3 fully saturated rings. The van der Waals surface area contributed by atoms with Crippen molar-refractivity contribution in [3.8, 4) is 5.75 Å². The zero-order chi connectivity index (χ0) is 20.6. The topological polar surface area (TPSA) is 75.7 Å². The van der Waals surface area contributed by atoms with E-state index < -0.39 is 27.6 Å². The minimum atomic E-state index is -3.96. The van der Waals surface area contributed by atoms with E-state index in [0.717, 1.165) is 48.9 Å². The van der Waals surface area contributed by atoms with E-state index in [9.17, 15) is 22.0 Å². The first-order chi connectivity index (χ1) is 13.8. The molecule has 0 unspecified atom stereocenters. The van der Waals surface area contributed by atoms with Crippen LogP contribution in [0.3, 0.4) is 0 Å². The number of alkyl halides is 1. The fourth-order valence-electron chi connectivity index (χ4n) is 3.89. The van der Waals surface area contributed by atoms with Gasteiger partial charge in [0, 0.05) is 20.6 Å². The van der Waals surface area contributed by atoms with Crippen LogP contribution in [0, 0.1) is 5.82 Å². The van der Waals surface area contributed by atoms with Gasteiger partial charge < -0.3 is 4.74 Å². The van der Waals surface area contributed by atoms with Gasteiger partial charge in [0.15, 0.2) is 0 Å². The van der Waals surface area contributed by atoms with Crippen LogP contribution in [0.1, 0.15) is 74.6 Å². The van der Waals surface area contributed by atoms with Crippen molar-refractivity contribution in [2.24, 2.45) is 0 Å². The number of amides is 1. The van der Waals surface area contributed by atoms with Crippen molar-refractivity contribution < 1.29 is 28.2 Å². The summed E-state index contributed by atoms with van der Waals surface area (Å²) in [6.07, 6.45) is 5.98. The number of halogens is 2. The molecule has 162 valence electrons. The van der Waals surface area contributed by atoms with Gasteiger partial charge >= 0.3 is 10.2 Å². The molecule has 0 radical (unpaired) electrons. The van der Waals surface area contributed by atoms with Crippen molar-refractivity contribution in [1.82, 2.24) is 9.03 Å². The summed E-state index contributed by atoms with van der Waals surface area (Å²) < 4.78 is 62.5. The molecule has 1 amide bonds. The summed E-state index contributed by atoms with van der Waals surface area (Å²) in [7, 11) is -3.96. The quantitative estimate of drug-likeness (QED) is 0.716. The van der Waals surface area contributed by atoms with Crippen LogP contribution < -0.4 is 9.46 Å². The van der Waals surface area contributed by atoms with E-state index >= 15 is 0 Å². The van der Waals surface area contributed by atoms with E-state index in [4.69, 9.17) is 4.74 Å². The minimum absolute atomic E-state index is 0. The lowest BCUT2D eigenvalue weighted by Gasteiger charge is -2.30. The zero-order valence-corrected chi connectivity index (χ0v) is 17.1. The van der Waals surface area contributed by atoms with Crippen molar-refractivity contribution in [1.29, 1.82) is 0 Å². The molecule has 0 bridgehead atoms. The van der Waals surface area contributed by atoms with Crippen LogP contribution in [0.5, 0.6) is 5.75 Å². The molecule has 1 aromatic rings. The third-order valence-electron chi connectivity index (χ3n) is 5.97. The fourth-order valence-corrected chi connectivity index (χ4v) is 5.10. The third kappa shape index (κ3) is 4.55. The number of rotatable bonds is 7. The number of hydrogen-bond donors (Lipinski definition) is 1. The van der Waals surface area contributed by atoms with Gasteiger partial charge in [0.25, 0.3) is 5.91 Å². The van der Waals surface area contributed by atoms with Gasteiger partial charge in [-0.25, -0.2) is 13.5 Å². The lowest BCUT2D eigenvalue weighted by atomic mass is 9.87. The van der Waals surface area contributed by atoms with Crippen LogP contribution in [0.25, 0.3) is 0 Å². The largest absolute Gasteiger partial charge is 0.490 e. The molecule has 6 nitrogen and oxygen atoms in total. The molecule has 1 heterocycles. The highest BCUT2D eigenvalue weighted by atomic mass is 32.2. The molecule has 4 rings (SSSR count). The maximum absolute atomic E-state index is 14.9. The molecule has 0 spiro atoms. The lowest BCUT2D eigenvalue weighted by Crippen LogP contribution is -2.49. The number of ether oxygens (including phenoxy) is 1. The van der Waals surface area contributed by atoms with Crippen molar-refractivity contribution in [2.45, 2.75) is 63.0 Å². The Balaban J connectivity index is 0.00000256. The molecule has 1 saturated heterocycles. The van der Waals surface area contributed by atoms with Gasteiger partial charge in [0.2, 0.25) is 0 Å². The highest BCUT2D eigenvalue weighted by Gasteiger charge is 2.35. The predicted octanol–water partition coefficient (Wildman–Crippen LogP) is 3.68. The Morgan fingerprint density at radius 2 is 1.90 bits per heavy atom. The van der Waals surface area contributed by atoms with E-state index in [1.807, 2.05) is 4.72 Å². The average molecular weight is 431 g/mol. The van der Waals surface area contributed by atoms with E-state index in [-0.39, 0.29) is 25.3 Å². The van der Waals surface area contributed by atoms with Gasteiger partial charge in [-0.15, -0.1) is 0 Å². The van der Waals surface area contributed by atoms with E-state index in [2.05, 4.69) is 0 Å². The van der Waals surface area contributed by atoms with Gasteiger partial charge in [0.1, 0.15) is 23.8 Å². The van der Waals surface area contributed by atoms with Crippen molar-refractivity contribution in [3.63, 3.8) is 0 Å². The summed E-state index contributed by atoms with van der Waals surface area (Å²) in [5.74, 6) is -1.52. The van der Waals surface area contributed by atoms with Gasteiger partial charge in [-0.1, -0.05) is 19.3 Å². The Morgan fingerprint density at radius 3 is 2.48 bits per heavy atom. The minimum Gasteiger partial charge on any atom is -0.490 e. The lowest BCUT2D eigenvalue weighted by molar-refractivity contribution is 0.0470. The maximum atomic E-state index is 14.9. The Bertz CT molecular complexity index is 898. The highest BCUT2D eigenvalue weighted by Crippen LogP contribution is 2.45. The summed E-state index contributed by atoms with van der Waals surface area (Å²) >= 11 is 0. The van der Waals surface area contributed by atoms with Gasteiger partial charge in [-0.05, 0) is 49.7 Å². The number of nitrogens with zero attached hydrogens (tertiary/aromatic N) is 1. The molecule has 2 saturated carbocycles. The number of carbonyl (C=O) groups is 1. The number of carbonyl (C=O) groups excluding carboxylic acids is 1. The zero-order valence-electron chi connectivity index (χ0n) is 16.3. The van der Waals surface area contributed by atoms with Crippen molar-refractivity contribution in [3.05, 3.63) is 29.1 Å². The first-order valence-electron chi connectivity index (χ1n) is 10.2. The second-order valence-corrected chi connectivity index (χ2v) is 10.0. The summed E-state index contributed by atoms with van der Waals surface area (Å²) in [6.45, 7) is 0.549. The number of benzene rings is 1. The van der Waals surface area contributed by atoms with E-state index in [1.54, 1.807) is 0 Å². The fraction of sp³-hybridized carbons (Fsp3) is 0.650. The smallest absolute Gasteiger partial charge is 0.304 e. The molecular formula is C20H28F2N2O4S. The van der Waals surface area contributed by atoms with Crippen LogP contribution in [-0.4, -0.2) is 44.0 Å². The summed E-state index contributed by atoms with van der Waals surface area (Å²) in [4.78, 5) is 12.4. The summed E-state index contributed by atoms with van der Waals surface area (Å²) in [5, 5.41) is 0. The molecule has 1 N–H and O–H groups in total. The van der Waals surface area contributed by atoms with Gasteiger partial charge in [0.05, 0.1) is 5.56 Å². The second-order valence-electron chi connectivity index (χ2n) is 8.33. The van der Waals surface area contributed by atoms with Gasteiger partial charge in [-0.2, -0.15) is 12.7 Å². The van der Waals surface area contributed by atoms with Crippen LogP contribution in [0.15, 0.2) is 12.1 Å². The molecule has 0 aromatic heterocycles. The first kappa shape index (κ1) is 20.5. The van der Waals surface area contributed by atoms with Crippen LogP contribution in [-0.2, 0) is 10.2 Å². The molecule has 3 aliphatic rings. The standard InChI is InChI=1S/C20H26F2N2O4S.H2/c21-17-12-18(28-13-20(22)7-2-1-3-8-20)15(14-5-6-14)11-16(17)19(25)23-29(26,27)24-9-4-10-24;/h11-12,14H,1-10,13H2,(H,23,25);1H. The Kier molecular flexibility index (Phi) is 5.54. The molecular weight excluding hydrogens is 402 g/mol. The van der Waals surface area contributed by atoms with Crippen LogP contribution in [0.4, 0.5) is 8.78 Å². The van der Waals surface area contributed by atoms with E-state index in [0.29, 0.717) is 31.5 Å². The Labute approximate surface area is 171 Å². The molecule has 1 aromatic carbocycles. The average Bonchev–Trinajstić information content (AvgIpc) is 3.43. The molecule has 0 atom stereocenters.